The monoisotopic (exact) mass is 271 g/mol. The van der Waals surface area contributed by atoms with Crippen molar-refractivity contribution in [1.29, 1.82) is 0 Å². The molecule has 1 aliphatic rings. The molecular formula is C16H17NO3. The quantitative estimate of drug-likeness (QED) is 0.928. The molecule has 0 fully saturated rings. The third-order valence-corrected chi connectivity index (χ3v) is 3.24. The topological polar surface area (TPSA) is 53.7 Å². The largest absolute Gasteiger partial charge is 0.489 e. The normalized spacial score (nSPS) is 14.1. The minimum absolute atomic E-state index is 0.0528. The Morgan fingerprint density at radius 1 is 1.15 bits per heavy atom. The first-order valence-electron chi connectivity index (χ1n) is 6.60. The lowest BCUT2D eigenvalue weighted by Crippen LogP contribution is -2.07. The van der Waals surface area contributed by atoms with Crippen molar-refractivity contribution in [3.63, 3.8) is 0 Å². The Labute approximate surface area is 118 Å². The molecule has 104 valence electrons. The molecule has 0 unspecified atom stereocenters. The number of ether oxygens (including phenoxy) is 3. The van der Waals surface area contributed by atoms with Crippen LogP contribution in [0.4, 0.5) is 0 Å². The van der Waals surface area contributed by atoms with E-state index in [1.54, 1.807) is 0 Å². The number of para-hydroxylation sites is 1. The number of fused-ring (bicyclic) bond motifs is 1. The second-order valence-corrected chi connectivity index (χ2v) is 4.80. The highest BCUT2D eigenvalue weighted by Crippen LogP contribution is 2.33. The van der Waals surface area contributed by atoms with Gasteiger partial charge in [-0.2, -0.15) is 0 Å². The molecule has 1 aliphatic heterocycles. The lowest BCUT2D eigenvalue weighted by molar-refractivity contribution is 0.174. The highest BCUT2D eigenvalue weighted by molar-refractivity contribution is 5.44. The summed E-state index contributed by atoms with van der Waals surface area (Å²) in [6.45, 7) is 2.70. The van der Waals surface area contributed by atoms with E-state index in [1.807, 2.05) is 49.4 Å². The summed E-state index contributed by atoms with van der Waals surface area (Å²) in [6.07, 6.45) is 0. The van der Waals surface area contributed by atoms with Crippen LogP contribution >= 0.6 is 0 Å². The fraction of sp³-hybridized carbons (Fsp3) is 0.250. The first kappa shape index (κ1) is 12.8. The van der Waals surface area contributed by atoms with Gasteiger partial charge in [0.25, 0.3) is 0 Å². The molecule has 0 spiro atoms. The van der Waals surface area contributed by atoms with E-state index < -0.39 is 0 Å². The molecule has 0 radical (unpaired) electrons. The van der Waals surface area contributed by atoms with Crippen molar-refractivity contribution >= 4 is 0 Å². The zero-order valence-electron chi connectivity index (χ0n) is 11.3. The van der Waals surface area contributed by atoms with E-state index in [2.05, 4.69) is 0 Å². The molecule has 0 bridgehead atoms. The predicted molar refractivity (Wildman–Crippen MR) is 75.9 cm³/mol. The standard InChI is InChI=1S/C16H17NO3/c1-11(17)13-4-2-3-5-14(13)18-9-12-6-7-15-16(8-12)20-10-19-15/h2-8,11H,9-10,17H2,1H3/t11-/m1/s1. The van der Waals surface area contributed by atoms with Crippen molar-refractivity contribution in [1.82, 2.24) is 0 Å². The average Bonchev–Trinajstić information content (AvgIpc) is 2.92. The van der Waals surface area contributed by atoms with E-state index in [9.17, 15) is 0 Å². The third-order valence-electron chi connectivity index (χ3n) is 3.24. The van der Waals surface area contributed by atoms with Gasteiger partial charge >= 0.3 is 0 Å². The summed E-state index contributed by atoms with van der Waals surface area (Å²) in [6, 6.07) is 13.6. The van der Waals surface area contributed by atoms with Crippen molar-refractivity contribution in [3.8, 4) is 17.2 Å². The number of hydrogen-bond acceptors (Lipinski definition) is 4. The molecular weight excluding hydrogens is 254 g/mol. The van der Waals surface area contributed by atoms with Gasteiger partial charge in [-0.15, -0.1) is 0 Å². The smallest absolute Gasteiger partial charge is 0.231 e. The van der Waals surface area contributed by atoms with Crippen molar-refractivity contribution in [2.75, 3.05) is 6.79 Å². The molecule has 0 saturated carbocycles. The maximum atomic E-state index is 5.94. The van der Waals surface area contributed by atoms with Crippen LogP contribution in [0, 0.1) is 0 Å². The summed E-state index contributed by atoms with van der Waals surface area (Å²) in [5.74, 6) is 2.37. The number of benzene rings is 2. The molecule has 2 aromatic rings. The van der Waals surface area contributed by atoms with Crippen LogP contribution in [0.25, 0.3) is 0 Å². The van der Waals surface area contributed by atoms with Crippen LogP contribution in [0.5, 0.6) is 17.2 Å². The third kappa shape index (κ3) is 2.56. The molecule has 0 aliphatic carbocycles. The fourth-order valence-electron chi connectivity index (χ4n) is 2.18. The van der Waals surface area contributed by atoms with Crippen molar-refractivity contribution < 1.29 is 14.2 Å². The van der Waals surface area contributed by atoms with Gasteiger partial charge in [-0.05, 0) is 30.7 Å². The number of hydrogen-bond donors (Lipinski definition) is 1. The van der Waals surface area contributed by atoms with Crippen molar-refractivity contribution in [2.24, 2.45) is 5.73 Å². The van der Waals surface area contributed by atoms with E-state index in [4.69, 9.17) is 19.9 Å². The first-order chi connectivity index (χ1) is 9.74. The highest BCUT2D eigenvalue weighted by atomic mass is 16.7. The van der Waals surface area contributed by atoms with E-state index in [0.29, 0.717) is 6.61 Å². The molecule has 4 heteroatoms. The second-order valence-electron chi connectivity index (χ2n) is 4.80. The molecule has 0 aromatic heterocycles. The van der Waals surface area contributed by atoms with Gasteiger partial charge in [0.15, 0.2) is 11.5 Å². The van der Waals surface area contributed by atoms with Crippen LogP contribution < -0.4 is 19.9 Å². The summed E-state index contributed by atoms with van der Waals surface area (Å²) in [5, 5.41) is 0. The molecule has 2 N–H and O–H groups in total. The van der Waals surface area contributed by atoms with Gasteiger partial charge in [0.05, 0.1) is 0 Å². The second kappa shape index (κ2) is 5.43. The highest BCUT2D eigenvalue weighted by Gasteiger charge is 2.13. The van der Waals surface area contributed by atoms with Crippen LogP contribution in [-0.4, -0.2) is 6.79 Å². The first-order valence-corrected chi connectivity index (χ1v) is 6.60. The molecule has 2 aromatic carbocycles. The summed E-state index contributed by atoms with van der Waals surface area (Å²) < 4.78 is 16.5. The van der Waals surface area contributed by atoms with Crippen LogP contribution in [0.3, 0.4) is 0 Å². The van der Waals surface area contributed by atoms with Crippen molar-refractivity contribution in [2.45, 2.75) is 19.6 Å². The van der Waals surface area contributed by atoms with Crippen LogP contribution in [0.2, 0.25) is 0 Å². The molecule has 0 saturated heterocycles. The predicted octanol–water partition coefficient (Wildman–Crippen LogP) is 3.01. The number of rotatable bonds is 4. The molecule has 1 atom stereocenters. The van der Waals surface area contributed by atoms with Crippen molar-refractivity contribution in [3.05, 3.63) is 53.6 Å². The molecule has 3 rings (SSSR count). The van der Waals surface area contributed by atoms with Gasteiger partial charge in [-0.1, -0.05) is 24.3 Å². The maximum absolute atomic E-state index is 5.94. The minimum Gasteiger partial charge on any atom is -0.489 e. The Morgan fingerprint density at radius 2 is 1.95 bits per heavy atom. The van der Waals surface area contributed by atoms with Gasteiger partial charge in [0.2, 0.25) is 6.79 Å². The van der Waals surface area contributed by atoms with E-state index in [1.165, 1.54) is 0 Å². The SMILES string of the molecule is C[C@@H](N)c1ccccc1OCc1ccc2c(c1)OCO2. The van der Waals surface area contributed by atoms with Gasteiger partial charge in [0, 0.05) is 11.6 Å². The van der Waals surface area contributed by atoms with Gasteiger partial charge in [0.1, 0.15) is 12.4 Å². The van der Waals surface area contributed by atoms with Gasteiger partial charge < -0.3 is 19.9 Å². The average molecular weight is 271 g/mol. The minimum atomic E-state index is -0.0528. The van der Waals surface area contributed by atoms with Crippen LogP contribution in [0.15, 0.2) is 42.5 Å². The van der Waals surface area contributed by atoms with Crippen LogP contribution in [-0.2, 0) is 6.61 Å². The Balaban J connectivity index is 1.74. The Bertz CT molecular complexity index is 610. The zero-order chi connectivity index (χ0) is 13.9. The number of nitrogens with two attached hydrogens (primary N) is 1. The maximum Gasteiger partial charge on any atom is 0.231 e. The summed E-state index contributed by atoms with van der Waals surface area (Å²) >= 11 is 0. The van der Waals surface area contributed by atoms with E-state index in [-0.39, 0.29) is 12.8 Å². The van der Waals surface area contributed by atoms with Gasteiger partial charge in [-0.3, -0.25) is 0 Å². The summed E-state index contributed by atoms with van der Waals surface area (Å²) in [4.78, 5) is 0. The lowest BCUT2D eigenvalue weighted by atomic mass is 10.1. The Hall–Kier alpha value is -2.20. The van der Waals surface area contributed by atoms with E-state index in [0.717, 1.165) is 28.4 Å². The molecule has 1 heterocycles. The summed E-state index contributed by atoms with van der Waals surface area (Å²) in [5.41, 5.74) is 7.98. The molecule has 20 heavy (non-hydrogen) atoms. The van der Waals surface area contributed by atoms with Crippen LogP contribution in [0.1, 0.15) is 24.1 Å². The summed E-state index contributed by atoms with van der Waals surface area (Å²) in [7, 11) is 0. The Morgan fingerprint density at radius 3 is 2.80 bits per heavy atom. The fourth-order valence-corrected chi connectivity index (χ4v) is 2.18. The van der Waals surface area contributed by atoms with E-state index >= 15 is 0 Å². The Kier molecular flexibility index (Phi) is 3.48. The molecule has 0 amide bonds. The zero-order valence-corrected chi connectivity index (χ0v) is 11.3. The van der Waals surface area contributed by atoms with Gasteiger partial charge in [-0.25, -0.2) is 0 Å². The molecule has 4 nitrogen and oxygen atoms in total. The lowest BCUT2D eigenvalue weighted by Gasteiger charge is -2.14.